The Kier molecular flexibility index (Phi) is 3.92. The van der Waals surface area contributed by atoms with Crippen molar-refractivity contribution in [3.05, 3.63) is 39.3 Å². The number of carboxylic acids is 1. The third kappa shape index (κ3) is 2.66. The molecule has 6 heteroatoms. The van der Waals surface area contributed by atoms with E-state index in [-0.39, 0.29) is 17.7 Å². The van der Waals surface area contributed by atoms with Gasteiger partial charge < -0.3 is 10.4 Å². The minimum atomic E-state index is -0.885. The highest BCUT2D eigenvalue weighted by molar-refractivity contribution is 9.13. The van der Waals surface area contributed by atoms with Crippen LogP contribution in [-0.4, -0.2) is 17.0 Å². The Hall–Kier alpha value is -1.14. The van der Waals surface area contributed by atoms with Crippen molar-refractivity contribution in [2.24, 2.45) is 23.7 Å². The molecule has 1 aromatic rings. The Labute approximate surface area is 138 Å². The van der Waals surface area contributed by atoms with E-state index in [0.29, 0.717) is 5.69 Å². The van der Waals surface area contributed by atoms with Crippen molar-refractivity contribution in [2.75, 3.05) is 5.32 Å². The molecule has 0 aliphatic heterocycles. The zero-order valence-electron chi connectivity index (χ0n) is 10.9. The Morgan fingerprint density at radius 1 is 1.10 bits per heavy atom. The van der Waals surface area contributed by atoms with Crippen molar-refractivity contribution in [1.82, 2.24) is 0 Å². The second-order valence-corrected chi connectivity index (χ2v) is 7.16. The Balaban J connectivity index is 1.80. The molecule has 2 bridgehead atoms. The van der Waals surface area contributed by atoms with Gasteiger partial charge in [-0.05, 0) is 68.3 Å². The monoisotopic (exact) mass is 413 g/mol. The van der Waals surface area contributed by atoms with E-state index >= 15 is 0 Å². The molecule has 1 amide bonds. The van der Waals surface area contributed by atoms with Crippen molar-refractivity contribution >= 4 is 49.4 Å². The van der Waals surface area contributed by atoms with Crippen LogP contribution in [0.25, 0.3) is 0 Å². The quantitative estimate of drug-likeness (QED) is 0.741. The SMILES string of the molecule is O=C(Nc1ccc(Br)c(Br)c1)[C@@H]1[C@H](C(=O)O)[C@@H]2C=C[C@H]1C2. The number of nitrogens with one attached hydrogen (secondary N) is 1. The summed E-state index contributed by atoms with van der Waals surface area (Å²) in [4.78, 5) is 23.9. The van der Waals surface area contributed by atoms with Crippen LogP contribution in [-0.2, 0) is 9.59 Å². The highest BCUT2D eigenvalue weighted by atomic mass is 79.9. The van der Waals surface area contributed by atoms with Crippen molar-refractivity contribution < 1.29 is 14.7 Å². The number of hydrogen-bond acceptors (Lipinski definition) is 2. The molecule has 0 radical (unpaired) electrons. The van der Waals surface area contributed by atoms with Crippen molar-refractivity contribution in [2.45, 2.75) is 6.42 Å². The van der Waals surface area contributed by atoms with E-state index in [2.05, 4.69) is 37.2 Å². The first-order chi connectivity index (χ1) is 9.97. The molecule has 21 heavy (non-hydrogen) atoms. The molecule has 4 atom stereocenters. The molecule has 1 aromatic carbocycles. The molecule has 110 valence electrons. The van der Waals surface area contributed by atoms with E-state index in [1.54, 1.807) is 12.1 Å². The molecule has 3 rings (SSSR count). The Morgan fingerprint density at radius 2 is 1.76 bits per heavy atom. The molecule has 2 aliphatic carbocycles. The lowest BCUT2D eigenvalue weighted by atomic mass is 9.82. The van der Waals surface area contributed by atoms with E-state index in [1.807, 2.05) is 18.2 Å². The van der Waals surface area contributed by atoms with Crippen LogP contribution >= 0.6 is 31.9 Å². The highest BCUT2D eigenvalue weighted by Gasteiger charge is 2.51. The Morgan fingerprint density at radius 3 is 2.38 bits per heavy atom. The molecule has 0 aromatic heterocycles. The summed E-state index contributed by atoms with van der Waals surface area (Å²) in [6.07, 6.45) is 4.67. The third-order valence-electron chi connectivity index (χ3n) is 4.23. The number of aliphatic carboxylic acids is 1. The molecule has 1 fully saturated rings. The topological polar surface area (TPSA) is 66.4 Å². The lowest BCUT2D eigenvalue weighted by Gasteiger charge is -2.23. The summed E-state index contributed by atoms with van der Waals surface area (Å²) in [5, 5.41) is 12.2. The van der Waals surface area contributed by atoms with E-state index in [4.69, 9.17) is 0 Å². The van der Waals surface area contributed by atoms with Crippen LogP contribution in [0.5, 0.6) is 0 Å². The number of rotatable bonds is 3. The van der Waals surface area contributed by atoms with Gasteiger partial charge in [0.15, 0.2) is 0 Å². The number of amides is 1. The van der Waals surface area contributed by atoms with Gasteiger partial charge >= 0.3 is 5.97 Å². The first-order valence-electron chi connectivity index (χ1n) is 6.64. The van der Waals surface area contributed by atoms with Gasteiger partial charge in [0.1, 0.15) is 0 Å². The lowest BCUT2D eigenvalue weighted by molar-refractivity contribution is -0.146. The van der Waals surface area contributed by atoms with Crippen LogP contribution in [0, 0.1) is 23.7 Å². The van der Waals surface area contributed by atoms with Crippen molar-refractivity contribution in [3.8, 4) is 0 Å². The molecular weight excluding hydrogens is 402 g/mol. The predicted molar refractivity (Wildman–Crippen MR) is 85.8 cm³/mol. The Bertz CT molecular complexity index is 644. The van der Waals surface area contributed by atoms with E-state index in [1.165, 1.54) is 0 Å². The number of carboxylic acid groups (broad SMARTS) is 1. The zero-order valence-corrected chi connectivity index (χ0v) is 14.1. The van der Waals surface area contributed by atoms with Gasteiger partial charge in [-0.15, -0.1) is 0 Å². The predicted octanol–water partition coefficient (Wildman–Crippen LogP) is 3.67. The first kappa shape index (κ1) is 14.8. The van der Waals surface area contributed by atoms with Gasteiger partial charge in [0.05, 0.1) is 11.8 Å². The van der Waals surface area contributed by atoms with E-state index in [0.717, 1.165) is 15.4 Å². The van der Waals surface area contributed by atoms with Crippen LogP contribution in [0.2, 0.25) is 0 Å². The number of hydrogen-bond donors (Lipinski definition) is 2. The molecule has 0 saturated heterocycles. The standard InChI is InChI=1S/C15H13Br2NO3/c16-10-4-3-9(6-11(10)17)18-14(19)12-7-1-2-8(5-7)13(12)15(20)21/h1-4,6-8,12-13H,5H2,(H,18,19)(H,20,21)/t7-,8+,12-,13+/m0/s1. The lowest BCUT2D eigenvalue weighted by Crippen LogP contribution is -2.36. The van der Waals surface area contributed by atoms with Gasteiger partial charge in [0.2, 0.25) is 5.91 Å². The summed E-state index contributed by atoms with van der Waals surface area (Å²) < 4.78 is 1.73. The zero-order chi connectivity index (χ0) is 15.1. The molecular formula is C15H13Br2NO3. The number of anilines is 1. The molecule has 4 nitrogen and oxygen atoms in total. The maximum Gasteiger partial charge on any atom is 0.307 e. The van der Waals surface area contributed by atoms with Gasteiger partial charge in [-0.25, -0.2) is 0 Å². The van der Waals surface area contributed by atoms with Crippen molar-refractivity contribution in [1.29, 1.82) is 0 Å². The van der Waals surface area contributed by atoms with Crippen molar-refractivity contribution in [3.63, 3.8) is 0 Å². The van der Waals surface area contributed by atoms with Crippen LogP contribution in [0.3, 0.4) is 0 Å². The van der Waals surface area contributed by atoms with Gasteiger partial charge in [0.25, 0.3) is 0 Å². The third-order valence-corrected chi connectivity index (χ3v) is 6.11. The van der Waals surface area contributed by atoms with Crippen LogP contribution in [0.1, 0.15) is 6.42 Å². The number of benzene rings is 1. The first-order valence-corrected chi connectivity index (χ1v) is 8.23. The van der Waals surface area contributed by atoms with E-state index < -0.39 is 17.8 Å². The number of fused-ring (bicyclic) bond motifs is 2. The summed E-state index contributed by atoms with van der Waals surface area (Å²) in [6.45, 7) is 0. The van der Waals surface area contributed by atoms with Gasteiger partial charge in [-0.1, -0.05) is 12.2 Å². The molecule has 2 N–H and O–H groups in total. The normalized spacial score (nSPS) is 29.6. The number of carbonyl (C=O) groups excluding carboxylic acids is 1. The summed E-state index contributed by atoms with van der Waals surface area (Å²) in [5.74, 6) is -2.17. The molecule has 0 heterocycles. The fraction of sp³-hybridized carbons (Fsp3) is 0.333. The largest absolute Gasteiger partial charge is 0.481 e. The summed E-state index contributed by atoms with van der Waals surface area (Å²) in [5.41, 5.74) is 0.658. The van der Waals surface area contributed by atoms with Crippen LogP contribution in [0.15, 0.2) is 39.3 Å². The highest BCUT2D eigenvalue weighted by Crippen LogP contribution is 2.48. The van der Waals surface area contributed by atoms with Gasteiger partial charge in [-0.2, -0.15) is 0 Å². The minimum Gasteiger partial charge on any atom is -0.481 e. The maximum atomic E-state index is 12.5. The second-order valence-electron chi connectivity index (χ2n) is 5.46. The summed E-state index contributed by atoms with van der Waals surface area (Å²) in [7, 11) is 0. The smallest absolute Gasteiger partial charge is 0.307 e. The summed E-state index contributed by atoms with van der Waals surface area (Å²) in [6, 6.07) is 5.40. The number of allylic oxidation sites excluding steroid dienone is 2. The van der Waals surface area contributed by atoms with Gasteiger partial charge in [0, 0.05) is 14.6 Å². The minimum absolute atomic E-state index is 0.0140. The van der Waals surface area contributed by atoms with Gasteiger partial charge in [-0.3, -0.25) is 9.59 Å². The fourth-order valence-electron chi connectivity index (χ4n) is 3.32. The molecule has 1 saturated carbocycles. The second kappa shape index (κ2) is 5.57. The summed E-state index contributed by atoms with van der Waals surface area (Å²) >= 11 is 6.75. The maximum absolute atomic E-state index is 12.5. The van der Waals surface area contributed by atoms with Crippen LogP contribution in [0.4, 0.5) is 5.69 Å². The molecule has 0 unspecified atom stereocenters. The van der Waals surface area contributed by atoms with E-state index in [9.17, 15) is 14.7 Å². The number of halogens is 2. The molecule has 2 aliphatic rings. The average molecular weight is 415 g/mol. The average Bonchev–Trinajstić information content (AvgIpc) is 3.03. The molecule has 0 spiro atoms. The number of carbonyl (C=O) groups is 2. The van der Waals surface area contributed by atoms with Crippen LogP contribution < -0.4 is 5.32 Å². The fourth-order valence-corrected chi connectivity index (χ4v) is 3.94.